The maximum absolute atomic E-state index is 5.21. The summed E-state index contributed by atoms with van der Waals surface area (Å²) < 4.78 is 5.21. The molecule has 0 aromatic heterocycles. The van der Waals surface area contributed by atoms with Crippen LogP contribution in [0.1, 0.15) is 25.5 Å². The Morgan fingerprint density at radius 3 is 2.23 bits per heavy atom. The smallest absolute Gasteiger partial charge is 0.191 e. The largest absolute Gasteiger partial charge is 0.497 e. The van der Waals surface area contributed by atoms with Crippen LogP contribution in [-0.4, -0.2) is 51.7 Å². The Morgan fingerprint density at radius 1 is 1.23 bits per heavy atom. The molecule has 0 fully saturated rings. The molecule has 0 spiro atoms. The highest BCUT2D eigenvalue weighted by Crippen LogP contribution is 2.20. The zero-order valence-electron chi connectivity index (χ0n) is 14.4. The van der Waals surface area contributed by atoms with Crippen molar-refractivity contribution >= 4 is 29.9 Å². The number of nitrogens with one attached hydrogen (secondary N) is 2. The molecule has 1 unspecified atom stereocenters. The Hall–Kier alpha value is -1.02. The van der Waals surface area contributed by atoms with Crippen molar-refractivity contribution in [2.75, 3.05) is 34.8 Å². The van der Waals surface area contributed by atoms with Gasteiger partial charge in [-0.05, 0) is 45.6 Å². The highest BCUT2D eigenvalue weighted by atomic mass is 127. The van der Waals surface area contributed by atoms with Gasteiger partial charge < -0.3 is 20.3 Å². The third-order valence-corrected chi connectivity index (χ3v) is 3.24. The van der Waals surface area contributed by atoms with E-state index in [-0.39, 0.29) is 30.0 Å². The van der Waals surface area contributed by atoms with Crippen molar-refractivity contribution in [1.29, 1.82) is 0 Å². The molecule has 1 rings (SSSR count). The van der Waals surface area contributed by atoms with E-state index in [1.165, 1.54) is 5.56 Å². The Balaban J connectivity index is 0.00000441. The molecule has 0 radical (unpaired) electrons. The molecule has 22 heavy (non-hydrogen) atoms. The first kappa shape index (κ1) is 21.0. The molecular weight excluding hydrogens is 391 g/mol. The lowest BCUT2D eigenvalue weighted by Gasteiger charge is -2.26. The minimum absolute atomic E-state index is 0. The zero-order chi connectivity index (χ0) is 15.8. The van der Waals surface area contributed by atoms with Gasteiger partial charge in [-0.25, -0.2) is 0 Å². The fourth-order valence-corrected chi connectivity index (χ4v) is 2.09. The maximum atomic E-state index is 5.21. The van der Waals surface area contributed by atoms with E-state index in [0.29, 0.717) is 6.04 Å². The Labute approximate surface area is 151 Å². The van der Waals surface area contributed by atoms with E-state index in [1.54, 1.807) is 14.2 Å². The predicted molar refractivity (Wildman–Crippen MR) is 104 cm³/mol. The topological polar surface area (TPSA) is 48.9 Å². The standard InChI is InChI=1S/C16H28N4O.HI/c1-12(2)19-16(17-3)18-11-15(20(4)5)13-7-9-14(21-6)10-8-13;/h7-10,12,15H,11H2,1-6H3,(H2,17,18,19);1H. The fraction of sp³-hybridized carbons (Fsp3) is 0.562. The zero-order valence-corrected chi connectivity index (χ0v) is 16.7. The molecule has 0 saturated heterocycles. The van der Waals surface area contributed by atoms with Crippen molar-refractivity contribution in [3.8, 4) is 5.75 Å². The second-order valence-electron chi connectivity index (χ2n) is 5.50. The van der Waals surface area contributed by atoms with Gasteiger partial charge in [0.2, 0.25) is 0 Å². The number of ether oxygens (including phenoxy) is 1. The highest BCUT2D eigenvalue weighted by Gasteiger charge is 2.15. The quantitative estimate of drug-likeness (QED) is 0.422. The summed E-state index contributed by atoms with van der Waals surface area (Å²) in [6.07, 6.45) is 0. The number of nitrogens with zero attached hydrogens (tertiary/aromatic N) is 2. The highest BCUT2D eigenvalue weighted by molar-refractivity contribution is 14.0. The van der Waals surface area contributed by atoms with Crippen LogP contribution >= 0.6 is 24.0 Å². The van der Waals surface area contributed by atoms with Crippen LogP contribution in [0.15, 0.2) is 29.3 Å². The molecule has 0 heterocycles. The Kier molecular flexibility index (Phi) is 10.2. The van der Waals surface area contributed by atoms with Gasteiger partial charge in [0.1, 0.15) is 5.75 Å². The molecule has 6 heteroatoms. The molecule has 1 atom stereocenters. The third-order valence-electron chi connectivity index (χ3n) is 3.24. The number of rotatable bonds is 6. The van der Waals surface area contributed by atoms with Crippen LogP contribution in [0.2, 0.25) is 0 Å². The molecule has 2 N–H and O–H groups in total. The van der Waals surface area contributed by atoms with Crippen molar-refractivity contribution in [1.82, 2.24) is 15.5 Å². The molecule has 0 aliphatic rings. The monoisotopic (exact) mass is 420 g/mol. The lowest BCUT2D eigenvalue weighted by atomic mass is 10.1. The van der Waals surface area contributed by atoms with E-state index in [9.17, 15) is 0 Å². The second-order valence-corrected chi connectivity index (χ2v) is 5.50. The van der Waals surface area contributed by atoms with Crippen molar-refractivity contribution < 1.29 is 4.74 Å². The van der Waals surface area contributed by atoms with Crippen LogP contribution in [-0.2, 0) is 0 Å². The van der Waals surface area contributed by atoms with Crippen LogP contribution < -0.4 is 15.4 Å². The van der Waals surface area contributed by atoms with Gasteiger partial charge in [-0.3, -0.25) is 4.99 Å². The number of halogens is 1. The summed E-state index contributed by atoms with van der Waals surface area (Å²) in [6.45, 7) is 4.98. The van der Waals surface area contributed by atoms with Crippen LogP contribution in [0.4, 0.5) is 0 Å². The first-order chi connectivity index (χ1) is 9.97. The van der Waals surface area contributed by atoms with E-state index >= 15 is 0 Å². The van der Waals surface area contributed by atoms with Gasteiger partial charge >= 0.3 is 0 Å². The first-order valence-electron chi connectivity index (χ1n) is 7.25. The van der Waals surface area contributed by atoms with Gasteiger partial charge in [0.25, 0.3) is 0 Å². The van der Waals surface area contributed by atoms with E-state index in [4.69, 9.17) is 4.74 Å². The first-order valence-corrected chi connectivity index (χ1v) is 7.25. The van der Waals surface area contributed by atoms with Gasteiger partial charge in [0, 0.05) is 19.6 Å². The molecule has 0 aliphatic carbocycles. The molecular formula is C16H29IN4O. The summed E-state index contributed by atoms with van der Waals surface area (Å²) in [5.74, 6) is 1.70. The molecule has 5 nitrogen and oxygen atoms in total. The SMILES string of the molecule is CN=C(NCC(c1ccc(OC)cc1)N(C)C)NC(C)C.I. The predicted octanol–water partition coefficient (Wildman–Crippen LogP) is 2.49. The van der Waals surface area contributed by atoms with Gasteiger partial charge in [0.05, 0.1) is 13.2 Å². The van der Waals surface area contributed by atoms with E-state index in [2.05, 4.69) is 60.6 Å². The molecule has 0 bridgehead atoms. The van der Waals surface area contributed by atoms with Crippen molar-refractivity contribution in [2.45, 2.75) is 25.9 Å². The van der Waals surface area contributed by atoms with Crippen LogP contribution in [0.3, 0.4) is 0 Å². The fourth-order valence-electron chi connectivity index (χ4n) is 2.09. The normalized spacial score (nSPS) is 12.8. The molecule has 0 amide bonds. The lowest BCUT2D eigenvalue weighted by Crippen LogP contribution is -2.44. The van der Waals surface area contributed by atoms with Gasteiger partial charge in [-0.1, -0.05) is 12.1 Å². The number of hydrogen-bond donors (Lipinski definition) is 2. The van der Waals surface area contributed by atoms with E-state index in [0.717, 1.165) is 18.3 Å². The average Bonchev–Trinajstić information content (AvgIpc) is 2.46. The number of guanidine groups is 1. The van der Waals surface area contributed by atoms with Crippen LogP contribution in [0.25, 0.3) is 0 Å². The minimum Gasteiger partial charge on any atom is -0.497 e. The number of methoxy groups -OCH3 is 1. The average molecular weight is 420 g/mol. The number of likely N-dealkylation sites (N-methyl/N-ethyl adjacent to an activating group) is 1. The minimum atomic E-state index is 0. The number of hydrogen-bond acceptors (Lipinski definition) is 3. The third kappa shape index (κ3) is 6.83. The Morgan fingerprint density at radius 2 is 1.82 bits per heavy atom. The molecule has 1 aromatic rings. The second kappa shape index (κ2) is 10.7. The summed E-state index contributed by atoms with van der Waals surface area (Å²) in [4.78, 5) is 6.43. The van der Waals surface area contributed by atoms with Crippen molar-refractivity contribution in [3.63, 3.8) is 0 Å². The van der Waals surface area contributed by atoms with E-state index in [1.807, 2.05) is 12.1 Å². The van der Waals surface area contributed by atoms with Crippen LogP contribution in [0.5, 0.6) is 5.75 Å². The molecule has 0 saturated carbocycles. The Bertz CT molecular complexity index is 446. The molecule has 1 aromatic carbocycles. The summed E-state index contributed by atoms with van der Waals surface area (Å²) in [6, 6.07) is 8.81. The van der Waals surface area contributed by atoms with E-state index < -0.39 is 0 Å². The van der Waals surface area contributed by atoms with Gasteiger partial charge in [-0.2, -0.15) is 0 Å². The molecule has 0 aliphatic heterocycles. The summed E-state index contributed by atoms with van der Waals surface area (Å²) >= 11 is 0. The maximum Gasteiger partial charge on any atom is 0.191 e. The lowest BCUT2D eigenvalue weighted by molar-refractivity contribution is 0.297. The summed E-state index contributed by atoms with van der Waals surface area (Å²) in [5, 5.41) is 6.67. The van der Waals surface area contributed by atoms with Crippen molar-refractivity contribution in [2.24, 2.45) is 4.99 Å². The summed E-state index contributed by atoms with van der Waals surface area (Å²) in [5.41, 5.74) is 1.24. The van der Waals surface area contributed by atoms with Crippen LogP contribution in [0, 0.1) is 0 Å². The van der Waals surface area contributed by atoms with Gasteiger partial charge in [0.15, 0.2) is 5.96 Å². The molecule has 126 valence electrons. The summed E-state index contributed by atoms with van der Waals surface area (Å²) in [7, 11) is 7.63. The van der Waals surface area contributed by atoms with Crippen molar-refractivity contribution in [3.05, 3.63) is 29.8 Å². The number of benzene rings is 1. The number of aliphatic imine (C=N–C) groups is 1. The van der Waals surface area contributed by atoms with Gasteiger partial charge in [-0.15, -0.1) is 24.0 Å².